The summed E-state index contributed by atoms with van der Waals surface area (Å²) in [5.41, 5.74) is 8.03. The molecule has 0 spiro atoms. The molecule has 0 amide bonds. The first-order valence-electron chi connectivity index (χ1n) is 7.46. The monoisotopic (exact) mass is 268 g/mol. The number of benzene rings is 1. The summed E-state index contributed by atoms with van der Waals surface area (Å²) in [5, 5.41) is 5.98. The van der Waals surface area contributed by atoms with Gasteiger partial charge in [0.15, 0.2) is 0 Å². The van der Waals surface area contributed by atoms with Crippen LogP contribution in [0.3, 0.4) is 0 Å². The van der Waals surface area contributed by atoms with E-state index in [0.29, 0.717) is 12.1 Å². The molecule has 2 atom stereocenters. The van der Waals surface area contributed by atoms with Gasteiger partial charge < -0.3 is 11.1 Å². The number of nitrogens with zero attached hydrogens (tertiary/aromatic N) is 2. The third kappa shape index (κ3) is 1.83. The average molecular weight is 268 g/mol. The number of rotatable bonds is 2. The summed E-state index contributed by atoms with van der Waals surface area (Å²) in [5.74, 6) is 0. The van der Waals surface area contributed by atoms with E-state index in [-0.39, 0.29) is 0 Å². The van der Waals surface area contributed by atoms with Crippen molar-refractivity contribution in [2.24, 2.45) is 0 Å². The number of hydrogen-bond acceptors (Lipinski definition) is 4. The number of nitrogens with one attached hydrogen (secondary N) is 1. The van der Waals surface area contributed by atoms with Gasteiger partial charge in [0.05, 0.1) is 0 Å². The molecule has 2 saturated heterocycles. The number of anilines is 2. The number of pyridine rings is 1. The minimum absolute atomic E-state index is 0.567. The molecule has 3 heterocycles. The van der Waals surface area contributed by atoms with E-state index < -0.39 is 0 Å². The maximum Gasteiger partial charge on any atom is 0.0429 e. The molecule has 2 unspecified atom stereocenters. The number of aromatic nitrogens is 1. The van der Waals surface area contributed by atoms with E-state index in [2.05, 4.69) is 27.3 Å². The SMILES string of the molecule is Nc1ccc(NC2CCN3CCCC23)c2ccncc12. The molecule has 20 heavy (non-hydrogen) atoms. The van der Waals surface area contributed by atoms with Crippen molar-refractivity contribution in [3.8, 4) is 0 Å². The number of nitrogens with two attached hydrogens (primary N) is 1. The molecule has 1 aromatic carbocycles. The molecule has 2 aromatic rings. The van der Waals surface area contributed by atoms with E-state index >= 15 is 0 Å². The molecule has 4 rings (SSSR count). The molecule has 3 N–H and O–H groups in total. The zero-order chi connectivity index (χ0) is 13.5. The Labute approximate surface area is 119 Å². The average Bonchev–Trinajstić information content (AvgIpc) is 3.07. The van der Waals surface area contributed by atoms with Crippen LogP contribution in [0.15, 0.2) is 30.6 Å². The van der Waals surface area contributed by atoms with Gasteiger partial charge in [-0.15, -0.1) is 0 Å². The minimum atomic E-state index is 0.567. The molecule has 104 valence electrons. The van der Waals surface area contributed by atoms with Crippen LogP contribution in [0.25, 0.3) is 10.8 Å². The summed E-state index contributed by atoms with van der Waals surface area (Å²) < 4.78 is 0. The van der Waals surface area contributed by atoms with E-state index in [9.17, 15) is 0 Å². The highest BCUT2D eigenvalue weighted by molar-refractivity contribution is 6.00. The van der Waals surface area contributed by atoms with Crippen LogP contribution in [0.1, 0.15) is 19.3 Å². The Morgan fingerprint density at radius 2 is 2.10 bits per heavy atom. The van der Waals surface area contributed by atoms with Crippen molar-refractivity contribution in [2.45, 2.75) is 31.3 Å². The third-order valence-corrected chi connectivity index (χ3v) is 4.80. The first-order chi connectivity index (χ1) is 9.83. The second-order valence-electron chi connectivity index (χ2n) is 5.91. The summed E-state index contributed by atoms with van der Waals surface area (Å²) >= 11 is 0. The first-order valence-corrected chi connectivity index (χ1v) is 7.46. The molecule has 0 radical (unpaired) electrons. The number of hydrogen-bond donors (Lipinski definition) is 2. The van der Waals surface area contributed by atoms with Crippen molar-refractivity contribution >= 4 is 22.1 Å². The van der Waals surface area contributed by atoms with Crippen molar-refractivity contribution in [1.29, 1.82) is 0 Å². The lowest BCUT2D eigenvalue weighted by molar-refractivity contribution is 0.318. The summed E-state index contributed by atoms with van der Waals surface area (Å²) in [6.45, 7) is 2.51. The lowest BCUT2D eigenvalue weighted by Crippen LogP contribution is -2.33. The second-order valence-corrected chi connectivity index (χ2v) is 5.91. The third-order valence-electron chi connectivity index (χ3n) is 4.80. The standard InChI is InChI=1S/C16H20N4/c17-13-3-4-14(11-5-7-18-10-12(11)13)19-15-6-9-20-8-1-2-16(15)20/h3-5,7,10,15-16,19H,1-2,6,8-9,17H2. The van der Waals surface area contributed by atoms with E-state index in [1.165, 1.54) is 43.4 Å². The van der Waals surface area contributed by atoms with Gasteiger partial charge in [-0.05, 0) is 44.0 Å². The molecule has 4 nitrogen and oxygen atoms in total. The molecule has 2 aliphatic rings. The zero-order valence-corrected chi connectivity index (χ0v) is 11.5. The van der Waals surface area contributed by atoms with Crippen LogP contribution < -0.4 is 11.1 Å². The lowest BCUT2D eigenvalue weighted by Gasteiger charge is -2.23. The van der Waals surface area contributed by atoms with Gasteiger partial charge >= 0.3 is 0 Å². The van der Waals surface area contributed by atoms with Gasteiger partial charge in [0.25, 0.3) is 0 Å². The summed E-state index contributed by atoms with van der Waals surface area (Å²) in [4.78, 5) is 6.81. The summed E-state index contributed by atoms with van der Waals surface area (Å²) in [6, 6.07) is 7.42. The van der Waals surface area contributed by atoms with Crippen molar-refractivity contribution in [2.75, 3.05) is 24.1 Å². The summed E-state index contributed by atoms with van der Waals surface area (Å²) in [7, 11) is 0. The maximum atomic E-state index is 6.04. The Kier molecular flexibility index (Phi) is 2.77. The Balaban J connectivity index is 1.68. The van der Waals surface area contributed by atoms with Gasteiger partial charge in [-0.1, -0.05) is 0 Å². The molecule has 4 heteroatoms. The van der Waals surface area contributed by atoms with E-state index in [1.54, 1.807) is 0 Å². The quantitative estimate of drug-likeness (QED) is 0.822. The smallest absolute Gasteiger partial charge is 0.0429 e. The number of fused-ring (bicyclic) bond motifs is 2. The predicted octanol–water partition coefficient (Wildman–Crippen LogP) is 2.47. The lowest BCUT2D eigenvalue weighted by atomic mass is 10.0. The Morgan fingerprint density at radius 1 is 1.15 bits per heavy atom. The molecule has 2 aliphatic heterocycles. The highest BCUT2D eigenvalue weighted by atomic mass is 15.2. The van der Waals surface area contributed by atoms with Gasteiger partial charge in [-0.2, -0.15) is 0 Å². The highest BCUT2D eigenvalue weighted by Crippen LogP contribution is 2.33. The van der Waals surface area contributed by atoms with Crippen molar-refractivity contribution in [3.05, 3.63) is 30.6 Å². The van der Waals surface area contributed by atoms with Crippen LogP contribution >= 0.6 is 0 Å². The Morgan fingerprint density at radius 3 is 3.05 bits per heavy atom. The topological polar surface area (TPSA) is 54.2 Å². The fourth-order valence-electron chi connectivity index (χ4n) is 3.79. The largest absolute Gasteiger partial charge is 0.398 e. The van der Waals surface area contributed by atoms with Crippen LogP contribution in [-0.2, 0) is 0 Å². The molecule has 1 aromatic heterocycles. The normalized spacial score (nSPS) is 26.0. The van der Waals surface area contributed by atoms with Crippen molar-refractivity contribution in [3.63, 3.8) is 0 Å². The predicted molar refractivity (Wildman–Crippen MR) is 82.8 cm³/mol. The van der Waals surface area contributed by atoms with Crippen LogP contribution in [0.4, 0.5) is 11.4 Å². The van der Waals surface area contributed by atoms with Gasteiger partial charge in [0.1, 0.15) is 0 Å². The second kappa shape index (κ2) is 4.63. The minimum Gasteiger partial charge on any atom is -0.398 e. The van der Waals surface area contributed by atoms with Gasteiger partial charge in [-0.25, -0.2) is 0 Å². The van der Waals surface area contributed by atoms with Crippen LogP contribution in [0.2, 0.25) is 0 Å². The van der Waals surface area contributed by atoms with E-state index in [1.807, 2.05) is 18.5 Å². The van der Waals surface area contributed by atoms with Crippen LogP contribution in [-0.4, -0.2) is 35.1 Å². The van der Waals surface area contributed by atoms with Crippen molar-refractivity contribution < 1.29 is 0 Å². The highest BCUT2D eigenvalue weighted by Gasteiger charge is 2.37. The zero-order valence-electron chi connectivity index (χ0n) is 11.5. The fraction of sp³-hybridized carbons (Fsp3) is 0.438. The van der Waals surface area contributed by atoms with Crippen LogP contribution in [0, 0.1) is 0 Å². The van der Waals surface area contributed by atoms with E-state index in [4.69, 9.17) is 5.73 Å². The maximum absolute atomic E-state index is 6.04. The number of nitrogen functional groups attached to an aromatic ring is 1. The van der Waals surface area contributed by atoms with Gasteiger partial charge in [0.2, 0.25) is 0 Å². The first kappa shape index (κ1) is 12.0. The Bertz CT molecular complexity index is 639. The molecular weight excluding hydrogens is 248 g/mol. The fourth-order valence-corrected chi connectivity index (χ4v) is 3.79. The Hall–Kier alpha value is -1.81. The molecule has 0 saturated carbocycles. The molecular formula is C16H20N4. The van der Waals surface area contributed by atoms with Gasteiger partial charge in [-0.3, -0.25) is 9.88 Å². The molecule has 0 bridgehead atoms. The molecule has 2 fully saturated rings. The van der Waals surface area contributed by atoms with Gasteiger partial charge in [0, 0.05) is 53.2 Å². The van der Waals surface area contributed by atoms with Crippen molar-refractivity contribution in [1.82, 2.24) is 9.88 Å². The van der Waals surface area contributed by atoms with E-state index in [0.717, 1.165) is 11.1 Å². The molecule has 0 aliphatic carbocycles. The summed E-state index contributed by atoms with van der Waals surface area (Å²) in [6.07, 6.45) is 7.60. The van der Waals surface area contributed by atoms with Crippen LogP contribution in [0.5, 0.6) is 0 Å².